The third-order valence-corrected chi connectivity index (χ3v) is 2.91. The molecule has 0 aromatic heterocycles. The highest BCUT2D eigenvalue weighted by atomic mass is 35.5. The molecule has 1 rings (SSSR count). The topological polar surface area (TPSA) is 41.5 Å². The van der Waals surface area contributed by atoms with E-state index in [4.69, 9.17) is 39.5 Å². The van der Waals surface area contributed by atoms with E-state index >= 15 is 0 Å². The number of alkyl halides is 1. The number of aliphatic hydroxyl groups is 1. The van der Waals surface area contributed by atoms with E-state index in [-0.39, 0.29) is 5.88 Å². The molecule has 90 valence electrons. The highest BCUT2D eigenvalue weighted by Gasteiger charge is 2.09. The van der Waals surface area contributed by atoms with Crippen LogP contribution in [0.5, 0.6) is 5.75 Å². The molecule has 0 bridgehead atoms. The summed E-state index contributed by atoms with van der Waals surface area (Å²) < 4.78 is 5.01. The van der Waals surface area contributed by atoms with Crippen LogP contribution in [0.1, 0.15) is 0 Å². The number of methoxy groups -OCH3 is 1. The molecule has 3 nitrogen and oxygen atoms in total. The average Bonchev–Trinajstić information content (AvgIpc) is 2.29. The van der Waals surface area contributed by atoms with Crippen LogP contribution in [-0.2, 0) is 0 Å². The van der Waals surface area contributed by atoms with Crippen LogP contribution < -0.4 is 10.1 Å². The zero-order valence-electron chi connectivity index (χ0n) is 8.64. The number of rotatable bonds is 5. The normalized spacial score (nSPS) is 12.3. The molecule has 0 heterocycles. The van der Waals surface area contributed by atoms with Crippen LogP contribution in [0, 0.1) is 0 Å². The van der Waals surface area contributed by atoms with Crippen molar-refractivity contribution in [3.8, 4) is 5.75 Å². The Balaban J connectivity index is 2.77. The lowest BCUT2D eigenvalue weighted by Crippen LogP contribution is -2.20. The third kappa shape index (κ3) is 3.59. The second kappa shape index (κ2) is 6.40. The van der Waals surface area contributed by atoms with E-state index in [1.807, 2.05) is 0 Å². The summed E-state index contributed by atoms with van der Waals surface area (Å²) >= 11 is 17.4. The van der Waals surface area contributed by atoms with Gasteiger partial charge in [0.1, 0.15) is 5.75 Å². The summed E-state index contributed by atoms with van der Waals surface area (Å²) in [7, 11) is 1.52. The summed E-state index contributed by atoms with van der Waals surface area (Å²) in [5.74, 6) is 0.671. The van der Waals surface area contributed by atoms with Crippen LogP contribution in [0.15, 0.2) is 12.1 Å². The van der Waals surface area contributed by atoms with Crippen molar-refractivity contribution in [1.82, 2.24) is 0 Å². The maximum Gasteiger partial charge on any atom is 0.139 e. The van der Waals surface area contributed by atoms with Gasteiger partial charge in [0.15, 0.2) is 0 Å². The first kappa shape index (κ1) is 13.7. The Morgan fingerprint density at radius 3 is 2.62 bits per heavy atom. The van der Waals surface area contributed by atoms with E-state index < -0.39 is 6.10 Å². The summed E-state index contributed by atoms with van der Waals surface area (Å²) in [6, 6.07) is 3.25. The van der Waals surface area contributed by atoms with Gasteiger partial charge in [-0.25, -0.2) is 0 Å². The smallest absolute Gasteiger partial charge is 0.139 e. The van der Waals surface area contributed by atoms with Gasteiger partial charge in [-0.1, -0.05) is 23.2 Å². The molecule has 6 heteroatoms. The Hall–Kier alpha value is -0.350. The first-order chi connectivity index (χ1) is 7.58. The van der Waals surface area contributed by atoms with Crippen LogP contribution >= 0.6 is 34.8 Å². The first-order valence-electron chi connectivity index (χ1n) is 4.59. The molecule has 0 fully saturated rings. The zero-order valence-corrected chi connectivity index (χ0v) is 10.9. The van der Waals surface area contributed by atoms with Crippen molar-refractivity contribution in [1.29, 1.82) is 0 Å². The Labute approximate surface area is 109 Å². The van der Waals surface area contributed by atoms with E-state index in [1.54, 1.807) is 12.1 Å². The monoisotopic (exact) mass is 283 g/mol. The molecule has 0 aliphatic carbocycles. The molecule has 0 spiro atoms. The van der Waals surface area contributed by atoms with E-state index in [1.165, 1.54) is 7.11 Å². The summed E-state index contributed by atoms with van der Waals surface area (Å²) in [5, 5.41) is 13.2. The summed E-state index contributed by atoms with van der Waals surface area (Å²) in [4.78, 5) is 0. The van der Waals surface area contributed by atoms with Gasteiger partial charge in [0.05, 0.1) is 34.8 Å². The predicted molar refractivity (Wildman–Crippen MR) is 68.2 cm³/mol. The molecule has 0 aliphatic heterocycles. The van der Waals surface area contributed by atoms with Gasteiger partial charge in [-0.3, -0.25) is 0 Å². The van der Waals surface area contributed by atoms with E-state index in [9.17, 15) is 5.11 Å². The van der Waals surface area contributed by atoms with Crippen LogP contribution in [0.3, 0.4) is 0 Å². The van der Waals surface area contributed by atoms with Crippen molar-refractivity contribution in [2.24, 2.45) is 0 Å². The molecule has 1 unspecified atom stereocenters. The fourth-order valence-electron chi connectivity index (χ4n) is 1.10. The standard InChI is InChI=1S/C10H12Cl3NO2/c1-16-10-3-7(12)9(2-8(10)13)14-5-6(15)4-11/h2-3,6,14-15H,4-5H2,1H3. The second-order valence-corrected chi connectivity index (χ2v) is 4.28. The number of ether oxygens (including phenoxy) is 1. The Bertz CT molecular complexity index is 360. The second-order valence-electron chi connectivity index (χ2n) is 3.16. The van der Waals surface area contributed by atoms with Crippen molar-refractivity contribution < 1.29 is 9.84 Å². The minimum Gasteiger partial charge on any atom is -0.495 e. The lowest BCUT2D eigenvalue weighted by molar-refractivity contribution is 0.211. The quantitative estimate of drug-likeness (QED) is 0.817. The van der Waals surface area contributed by atoms with Crippen molar-refractivity contribution >= 4 is 40.5 Å². The van der Waals surface area contributed by atoms with Gasteiger partial charge < -0.3 is 15.2 Å². The maximum absolute atomic E-state index is 9.28. The highest BCUT2D eigenvalue weighted by Crippen LogP contribution is 2.33. The number of aliphatic hydroxyl groups excluding tert-OH is 1. The van der Waals surface area contributed by atoms with Crippen LogP contribution in [-0.4, -0.2) is 30.7 Å². The fourth-order valence-corrected chi connectivity index (χ4v) is 1.67. The van der Waals surface area contributed by atoms with E-state index in [2.05, 4.69) is 5.32 Å². The molecule has 0 aliphatic rings. The maximum atomic E-state index is 9.28. The minimum atomic E-state index is -0.626. The van der Waals surface area contributed by atoms with Gasteiger partial charge in [-0.2, -0.15) is 0 Å². The summed E-state index contributed by atoms with van der Waals surface area (Å²) in [6.45, 7) is 0.311. The van der Waals surface area contributed by atoms with Crippen molar-refractivity contribution in [3.63, 3.8) is 0 Å². The molecule has 1 aromatic rings. The van der Waals surface area contributed by atoms with Gasteiger partial charge >= 0.3 is 0 Å². The molecule has 1 atom stereocenters. The number of hydrogen-bond donors (Lipinski definition) is 2. The number of nitrogens with one attached hydrogen (secondary N) is 1. The third-order valence-electron chi connectivity index (χ3n) is 1.95. The van der Waals surface area contributed by atoms with Gasteiger partial charge in [-0.05, 0) is 6.07 Å². The zero-order chi connectivity index (χ0) is 12.1. The number of benzene rings is 1. The van der Waals surface area contributed by atoms with E-state index in [0.717, 1.165) is 0 Å². The van der Waals surface area contributed by atoms with Gasteiger partial charge in [0, 0.05) is 12.6 Å². The van der Waals surface area contributed by atoms with Gasteiger partial charge in [0.25, 0.3) is 0 Å². The summed E-state index contributed by atoms with van der Waals surface area (Å²) in [6.07, 6.45) is -0.626. The number of anilines is 1. The molecule has 0 saturated carbocycles. The largest absolute Gasteiger partial charge is 0.495 e. The van der Waals surface area contributed by atoms with Crippen LogP contribution in [0.4, 0.5) is 5.69 Å². The molecule has 16 heavy (non-hydrogen) atoms. The molecular weight excluding hydrogens is 272 g/mol. The average molecular weight is 285 g/mol. The Kier molecular flexibility index (Phi) is 5.49. The number of hydrogen-bond acceptors (Lipinski definition) is 3. The van der Waals surface area contributed by atoms with E-state index in [0.29, 0.717) is 28.0 Å². The lowest BCUT2D eigenvalue weighted by Gasteiger charge is -2.13. The fraction of sp³-hybridized carbons (Fsp3) is 0.400. The summed E-state index contributed by atoms with van der Waals surface area (Å²) in [5.41, 5.74) is 0.636. The molecule has 0 saturated heterocycles. The van der Waals surface area contributed by atoms with Gasteiger partial charge in [-0.15, -0.1) is 11.6 Å². The van der Waals surface area contributed by atoms with Crippen molar-refractivity contribution in [2.75, 3.05) is 24.9 Å². The molecule has 1 aromatic carbocycles. The SMILES string of the molecule is COc1cc(Cl)c(NCC(O)CCl)cc1Cl. The van der Waals surface area contributed by atoms with Crippen LogP contribution in [0.2, 0.25) is 10.0 Å². The van der Waals surface area contributed by atoms with Gasteiger partial charge in [0.2, 0.25) is 0 Å². The lowest BCUT2D eigenvalue weighted by atomic mass is 10.3. The number of halogens is 3. The first-order valence-corrected chi connectivity index (χ1v) is 5.88. The molecule has 2 N–H and O–H groups in total. The Morgan fingerprint density at radius 1 is 1.38 bits per heavy atom. The molecule has 0 radical (unpaired) electrons. The molecule has 0 amide bonds. The minimum absolute atomic E-state index is 0.161. The van der Waals surface area contributed by atoms with Crippen molar-refractivity contribution in [2.45, 2.75) is 6.10 Å². The molecular formula is C10H12Cl3NO2. The van der Waals surface area contributed by atoms with Crippen molar-refractivity contribution in [3.05, 3.63) is 22.2 Å². The highest BCUT2D eigenvalue weighted by molar-refractivity contribution is 6.36. The van der Waals surface area contributed by atoms with Crippen LogP contribution in [0.25, 0.3) is 0 Å². The predicted octanol–water partition coefficient (Wildman–Crippen LogP) is 3.01. The Morgan fingerprint density at radius 2 is 2.06 bits per heavy atom.